The highest BCUT2D eigenvalue weighted by atomic mass is 19.1. The van der Waals surface area contributed by atoms with E-state index >= 15 is 0 Å². The molecule has 0 radical (unpaired) electrons. The molecule has 2 aromatic rings. The number of hydrogen-bond donors (Lipinski definition) is 0. The molecular formula is C15H15FN2O2. The van der Waals surface area contributed by atoms with Gasteiger partial charge in [-0.05, 0) is 18.6 Å². The molecule has 2 atom stereocenters. The number of nitrogens with zero attached hydrogens (tertiary/aromatic N) is 2. The van der Waals surface area contributed by atoms with Gasteiger partial charge in [-0.3, -0.25) is 4.68 Å². The molecule has 0 amide bonds. The number of carbonyl (C=O) groups excluding carboxylic acids is 1. The predicted octanol–water partition coefficient (Wildman–Crippen LogP) is 3.06. The normalized spacial score (nSPS) is 20.7. The summed E-state index contributed by atoms with van der Waals surface area (Å²) < 4.78 is 20.6. The Kier molecular flexibility index (Phi) is 3.26. The van der Waals surface area contributed by atoms with Crippen LogP contribution in [0.1, 0.15) is 47.3 Å². The number of alkyl halides is 1. The monoisotopic (exact) mass is 274 g/mol. The summed E-state index contributed by atoms with van der Waals surface area (Å²) in [5.41, 5.74) is 1.61. The Labute approximate surface area is 116 Å². The molecule has 3 rings (SSSR count). The fourth-order valence-corrected chi connectivity index (χ4v) is 2.57. The van der Waals surface area contributed by atoms with Crippen molar-refractivity contribution in [2.24, 2.45) is 0 Å². The molecule has 0 saturated carbocycles. The summed E-state index contributed by atoms with van der Waals surface area (Å²) in [6.45, 7) is 2.01. The third-order valence-corrected chi connectivity index (χ3v) is 3.48. The number of rotatable bonds is 3. The van der Waals surface area contributed by atoms with Crippen molar-refractivity contribution in [2.75, 3.05) is 6.61 Å². The highest BCUT2D eigenvalue weighted by Gasteiger charge is 2.34. The predicted molar refractivity (Wildman–Crippen MR) is 71.2 cm³/mol. The molecule has 104 valence electrons. The van der Waals surface area contributed by atoms with Crippen LogP contribution in [0.3, 0.4) is 0 Å². The Hall–Kier alpha value is -2.17. The van der Waals surface area contributed by atoms with Crippen molar-refractivity contribution in [3.63, 3.8) is 0 Å². The first-order valence-electron chi connectivity index (χ1n) is 6.66. The zero-order valence-electron chi connectivity index (χ0n) is 11.1. The molecule has 0 aliphatic carbocycles. The summed E-state index contributed by atoms with van der Waals surface area (Å²) in [7, 11) is 0. The van der Waals surface area contributed by atoms with E-state index < -0.39 is 12.1 Å². The van der Waals surface area contributed by atoms with Crippen LogP contribution in [0.2, 0.25) is 0 Å². The molecule has 20 heavy (non-hydrogen) atoms. The van der Waals surface area contributed by atoms with E-state index in [2.05, 4.69) is 5.10 Å². The van der Waals surface area contributed by atoms with Gasteiger partial charge >= 0.3 is 5.97 Å². The first-order chi connectivity index (χ1) is 9.70. The average Bonchev–Trinajstić information content (AvgIpc) is 3.01. The number of hydrogen-bond acceptors (Lipinski definition) is 3. The third kappa shape index (κ3) is 2.09. The molecule has 0 N–H and O–H groups in total. The maximum absolute atomic E-state index is 14.1. The van der Waals surface area contributed by atoms with Gasteiger partial charge in [0.15, 0.2) is 5.69 Å². The van der Waals surface area contributed by atoms with Gasteiger partial charge in [-0.25, -0.2) is 9.18 Å². The second-order valence-corrected chi connectivity index (χ2v) is 4.75. The minimum Gasteiger partial charge on any atom is -0.461 e. The van der Waals surface area contributed by atoms with Crippen molar-refractivity contribution in [1.82, 2.24) is 9.78 Å². The van der Waals surface area contributed by atoms with Crippen LogP contribution in [-0.4, -0.2) is 22.4 Å². The number of halogens is 1. The molecule has 1 aliphatic heterocycles. The minimum absolute atomic E-state index is 0.163. The van der Waals surface area contributed by atoms with E-state index in [1.54, 1.807) is 11.6 Å². The molecule has 0 fully saturated rings. The Morgan fingerprint density at radius 2 is 2.20 bits per heavy atom. The van der Waals surface area contributed by atoms with Gasteiger partial charge in [0.1, 0.15) is 6.17 Å². The van der Waals surface area contributed by atoms with Crippen molar-refractivity contribution in [3.05, 3.63) is 53.3 Å². The van der Waals surface area contributed by atoms with Crippen molar-refractivity contribution >= 4 is 5.97 Å². The molecule has 1 aromatic heterocycles. The smallest absolute Gasteiger partial charge is 0.358 e. The largest absolute Gasteiger partial charge is 0.461 e. The van der Waals surface area contributed by atoms with Gasteiger partial charge < -0.3 is 4.74 Å². The first-order valence-corrected chi connectivity index (χ1v) is 6.66. The standard InChI is InChI=1S/C15H15FN2O2/c1-2-20-15(19)12-9-14-11(16)8-13(18(14)17-12)10-6-4-3-5-7-10/h3-7,9,11,13H,2,8H2,1H3/t11-,13-/m0/s1. The zero-order chi connectivity index (χ0) is 14.1. The SMILES string of the molecule is CCOC(=O)c1cc2n(n1)[C@H](c1ccccc1)C[C@@H]2F. The molecule has 5 heteroatoms. The fourth-order valence-electron chi connectivity index (χ4n) is 2.57. The number of esters is 1. The van der Waals surface area contributed by atoms with E-state index in [0.717, 1.165) is 5.56 Å². The van der Waals surface area contributed by atoms with Crippen molar-refractivity contribution in [3.8, 4) is 0 Å². The Morgan fingerprint density at radius 3 is 2.90 bits per heavy atom. The zero-order valence-corrected chi connectivity index (χ0v) is 11.1. The van der Waals surface area contributed by atoms with Gasteiger partial charge in [0.25, 0.3) is 0 Å². The van der Waals surface area contributed by atoms with Gasteiger partial charge in [-0.15, -0.1) is 0 Å². The van der Waals surface area contributed by atoms with Crippen LogP contribution >= 0.6 is 0 Å². The highest BCUT2D eigenvalue weighted by molar-refractivity contribution is 5.87. The van der Waals surface area contributed by atoms with Gasteiger partial charge in [-0.2, -0.15) is 5.10 Å². The van der Waals surface area contributed by atoms with Gasteiger partial charge in [-0.1, -0.05) is 30.3 Å². The molecule has 1 aliphatic rings. The number of ether oxygens (including phenoxy) is 1. The molecular weight excluding hydrogens is 259 g/mol. The lowest BCUT2D eigenvalue weighted by Crippen LogP contribution is -2.11. The van der Waals surface area contributed by atoms with Crippen LogP contribution in [0.15, 0.2) is 36.4 Å². The van der Waals surface area contributed by atoms with Gasteiger partial charge in [0.2, 0.25) is 0 Å². The van der Waals surface area contributed by atoms with E-state index in [4.69, 9.17) is 4.74 Å². The lowest BCUT2D eigenvalue weighted by molar-refractivity contribution is 0.0518. The molecule has 0 bridgehead atoms. The minimum atomic E-state index is -1.10. The lowest BCUT2D eigenvalue weighted by Gasteiger charge is -2.11. The molecule has 0 spiro atoms. The van der Waals surface area contributed by atoms with Crippen LogP contribution in [0.25, 0.3) is 0 Å². The van der Waals surface area contributed by atoms with Crippen LogP contribution in [0, 0.1) is 0 Å². The second-order valence-electron chi connectivity index (χ2n) is 4.75. The summed E-state index contributed by atoms with van der Waals surface area (Å²) >= 11 is 0. The quantitative estimate of drug-likeness (QED) is 0.808. The summed E-state index contributed by atoms with van der Waals surface area (Å²) in [5, 5.41) is 4.22. The third-order valence-electron chi connectivity index (χ3n) is 3.48. The van der Waals surface area contributed by atoms with Crippen LogP contribution < -0.4 is 0 Å². The lowest BCUT2D eigenvalue weighted by atomic mass is 10.0. The Morgan fingerprint density at radius 1 is 1.45 bits per heavy atom. The van der Waals surface area contributed by atoms with E-state index in [-0.39, 0.29) is 18.3 Å². The molecule has 1 aromatic carbocycles. The van der Waals surface area contributed by atoms with Gasteiger partial charge in [0.05, 0.1) is 18.3 Å². The Bertz CT molecular complexity index is 624. The molecule has 2 heterocycles. The van der Waals surface area contributed by atoms with E-state index in [1.807, 2.05) is 30.3 Å². The number of benzene rings is 1. The van der Waals surface area contributed by atoms with Crippen molar-refractivity contribution in [2.45, 2.75) is 25.6 Å². The van der Waals surface area contributed by atoms with Crippen molar-refractivity contribution < 1.29 is 13.9 Å². The van der Waals surface area contributed by atoms with E-state index in [1.165, 1.54) is 6.07 Å². The second kappa shape index (κ2) is 5.07. The van der Waals surface area contributed by atoms with Gasteiger partial charge in [0, 0.05) is 6.42 Å². The maximum atomic E-state index is 14.1. The van der Waals surface area contributed by atoms with Crippen LogP contribution in [0.4, 0.5) is 4.39 Å². The molecule has 0 unspecified atom stereocenters. The molecule has 0 saturated heterocycles. The summed E-state index contributed by atoms with van der Waals surface area (Å²) in [6.07, 6.45) is -0.744. The highest BCUT2D eigenvalue weighted by Crippen LogP contribution is 2.40. The number of fused-ring (bicyclic) bond motifs is 1. The Balaban J connectivity index is 1.96. The van der Waals surface area contributed by atoms with E-state index in [0.29, 0.717) is 12.1 Å². The molecule has 4 nitrogen and oxygen atoms in total. The van der Waals surface area contributed by atoms with E-state index in [9.17, 15) is 9.18 Å². The number of aromatic nitrogens is 2. The summed E-state index contributed by atoms with van der Waals surface area (Å²) in [6, 6.07) is 11.0. The van der Waals surface area contributed by atoms with Crippen molar-refractivity contribution in [1.29, 1.82) is 0 Å². The first kappa shape index (κ1) is 12.8. The summed E-state index contributed by atoms with van der Waals surface area (Å²) in [5.74, 6) is -0.506. The fraction of sp³-hybridized carbons (Fsp3) is 0.333. The maximum Gasteiger partial charge on any atom is 0.358 e. The summed E-state index contributed by atoms with van der Waals surface area (Å²) in [4.78, 5) is 11.7. The topological polar surface area (TPSA) is 44.1 Å². The average molecular weight is 274 g/mol. The van der Waals surface area contributed by atoms with Crippen LogP contribution in [-0.2, 0) is 4.74 Å². The number of carbonyl (C=O) groups is 1. The van der Waals surface area contributed by atoms with Crippen LogP contribution in [0.5, 0.6) is 0 Å².